The molecule has 4 heterocycles. The van der Waals surface area contributed by atoms with Crippen LogP contribution in [-0.4, -0.2) is 198 Å². The van der Waals surface area contributed by atoms with Crippen molar-refractivity contribution < 1.29 is 94.1 Å². The van der Waals surface area contributed by atoms with E-state index in [1.54, 1.807) is 0 Å². The van der Waals surface area contributed by atoms with E-state index < -0.39 is 142 Å². The SMILES string of the molecule is CC(=O)N[C@H]1[C@@H](O[C@@H]2[C@@H](O)[C@H](C)OC(O)[C@@H]2O)O[C@H](CO)[C@@H](O)[C@@H]1O[C@H]1O[C@H](CO)[C@H](O)[C@H](O)[C@H]1O[C@@H]1O[C@@H](C)[C@H](O)[C@@H](O)[C@H]1O. The van der Waals surface area contributed by atoms with Gasteiger partial charge in [-0.1, -0.05) is 0 Å². The molecule has 0 saturated carbocycles. The monoisotopic (exact) mass is 675 g/mol. The number of rotatable bonds is 9. The van der Waals surface area contributed by atoms with Gasteiger partial charge < -0.3 is 94.6 Å². The van der Waals surface area contributed by atoms with Gasteiger partial charge in [0.05, 0.1) is 25.4 Å². The lowest BCUT2D eigenvalue weighted by Gasteiger charge is -2.50. The molecular weight excluding hydrogens is 630 g/mol. The van der Waals surface area contributed by atoms with Crippen molar-refractivity contribution in [2.24, 2.45) is 0 Å². The number of hydrogen-bond donors (Lipinski definition) is 12. The highest BCUT2D eigenvalue weighted by Crippen LogP contribution is 2.34. The molecule has 0 aromatic carbocycles. The summed E-state index contributed by atoms with van der Waals surface area (Å²) in [6.07, 6.45) is -31.1. The van der Waals surface area contributed by atoms with Crippen molar-refractivity contribution in [2.45, 2.75) is 144 Å². The zero-order chi connectivity index (χ0) is 34.2. The predicted octanol–water partition coefficient (Wildman–Crippen LogP) is -7.55. The molecule has 0 radical (unpaired) electrons. The first-order chi connectivity index (χ1) is 21.6. The Morgan fingerprint density at radius 1 is 0.565 bits per heavy atom. The molecule has 4 rings (SSSR count). The van der Waals surface area contributed by atoms with E-state index >= 15 is 0 Å². The van der Waals surface area contributed by atoms with Gasteiger partial charge in [-0.2, -0.15) is 0 Å². The van der Waals surface area contributed by atoms with Gasteiger partial charge >= 0.3 is 0 Å². The van der Waals surface area contributed by atoms with Crippen LogP contribution in [0.2, 0.25) is 0 Å². The first-order valence-corrected chi connectivity index (χ1v) is 14.8. The van der Waals surface area contributed by atoms with E-state index in [2.05, 4.69) is 5.32 Å². The molecule has 268 valence electrons. The first-order valence-electron chi connectivity index (χ1n) is 14.8. The van der Waals surface area contributed by atoms with Crippen LogP contribution in [0.4, 0.5) is 0 Å². The lowest BCUT2D eigenvalue weighted by atomic mass is 9.94. The maximum atomic E-state index is 12.3. The molecule has 4 fully saturated rings. The highest BCUT2D eigenvalue weighted by atomic mass is 16.8. The summed E-state index contributed by atoms with van der Waals surface area (Å²) in [5.41, 5.74) is 0. The van der Waals surface area contributed by atoms with Crippen molar-refractivity contribution in [2.75, 3.05) is 13.2 Å². The van der Waals surface area contributed by atoms with Crippen LogP contribution in [0.3, 0.4) is 0 Å². The quantitative estimate of drug-likeness (QED) is 0.108. The molecule has 20 heteroatoms. The minimum Gasteiger partial charge on any atom is -0.394 e. The average Bonchev–Trinajstić information content (AvgIpc) is 3.01. The summed E-state index contributed by atoms with van der Waals surface area (Å²) in [5.74, 6) is -0.715. The Morgan fingerprint density at radius 3 is 1.72 bits per heavy atom. The Kier molecular flexibility index (Phi) is 12.7. The molecule has 1 unspecified atom stereocenters. The zero-order valence-electron chi connectivity index (χ0n) is 25.1. The molecule has 0 aromatic heterocycles. The van der Waals surface area contributed by atoms with Crippen LogP contribution in [0.15, 0.2) is 0 Å². The Morgan fingerprint density at radius 2 is 1.11 bits per heavy atom. The zero-order valence-corrected chi connectivity index (χ0v) is 25.1. The normalized spacial score (nSPS) is 51.9. The number of nitrogens with one attached hydrogen (secondary N) is 1. The molecule has 12 N–H and O–H groups in total. The lowest BCUT2D eigenvalue weighted by molar-refractivity contribution is -0.385. The fourth-order valence-electron chi connectivity index (χ4n) is 5.81. The Bertz CT molecular complexity index is 983. The van der Waals surface area contributed by atoms with E-state index in [1.165, 1.54) is 13.8 Å². The van der Waals surface area contributed by atoms with Gasteiger partial charge in [-0.25, -0.2) is 0 Å². The van der Waals surface area contributed by atoms with Gasteiger partial charge in [0.1, 0.15) is 85.4 Å². The third kappa shape index (κ3) is 7.64. The molecule has 0 aliphatic carbocycles. The molecule has 0 spiro atoms. The smallest absolute Gasteiger partial charge is 0.217 e. The summed E-state index contributed by atoms with van der Waals surface area (Å²) in [4.78, 5) is 12.3. The predicted molar refractivity (Wildman–Crippen MR) is 143 cm³/mol. The van der Waals surface area contributed by atoms with Crippen LogP contribution in [0, 0.1) is 0 Å². The fourth-order valence-corrected chi connectivity index (χ4v) is 5.81. The summed E-state index contributed by atoms with van der Waals surface area (Å²) in [5, 5.41) is 117. The highest BCUT2D eigenvalue weighted by molar-refractivity contribution is 5.73. The second kappa shape index (κ2) is 15.5. The second-order valence-electron chi connectivity index (χ2n) is 11.8. The van der Waals surface area contributed by atoms with Crippen LogP contribution in [0.5, 0.6) is 0 Å². The first kappa shape index (κ1) is 37.6. The third-order valence-electron chi connectivity index (χ3n) is 8.53. The molecule has 0 bridgehead atoms. The van der Waals surface area contributed by atoms with Crippen LogP contribution in [0.1, 0.15) is 20.8 Å². The number of hydrogen-bond acceptors (Lipinski definition) is 19. The van der Waals surface area contributed by atoms with Gasteiger partial charge in [0.2, 0.25) is 5.91 Å². The Hall–Kier alpha value is -1.25. The van der Waals surface area contributed by atoms with E-state index in [9.17, 15) is 61.0 Å². The van der Waals surface area contributed by atoms with Crippen molar-refractivity contribution in [1.29, 1.82) is 0 Å². The fraction of sp³-hybridized carbons (Fsp3) is 0.962. The van der Waals surface area contributed by atoms with Crippen LogP contribution >= 0.6 is 0 Å². The van der Waals surface area contributed by atoms with Crippen LogP contribution in [0.25, 0.3) is 0 Å². The van der Waals surface area contributed by atoms with Gasteiger partial charge in [0.15, 0.2) is 25.2 Å². The van der Waals surface area contributed by atoms with E-state index in [0.29, 0.717) is 0 Å². The summed E-state index contributed by atoms with van der Waals surface area (Å²) in [6.45, 7) is 2.16. The molecule has 4 saturated heterocycles. The molecule has 20 atom stereocenters. The van der Waals surface area contributed by atoms with E-state index in [-0.39, 0.29) is 0 Å². The molecule has 1 amide bonds. The summed E-state index contributed by atoms with van der Waals surface area (Å²) >= 11 is 0. The van der Waals surface area contributed by atoms with E-state index in [0.717, 1.165) is 6.92 Å². The number of aliphatic hydroxyl groups excluding tert-OH is 11. The Balaban J connectivity index is 1.65. The largest absolute Gasteiger partial charge is 0.394 e. The van der Waals surface area contributed by atoms with Crippen molar-refractivity contribution in [3.8, 4) is 0 Å². The van der Waals surface area contributed by atoms with Gasteiger partial charge in [-0.3, -0.25) is 4.79 Å². The number of carbonyl (C=O) groups is 1. The van der Waals surface area contributed by atoms with Gasteiger partial charge in [-0.05, 0) is 13.8 Å². The van der Waals surface area contributed by atoms with Gasteiger partial charge in [0.25, 0.3) is 0 Å². The van der Waals surface area contributed by atoms with Gasteiger partial charge in [-0.15, -0.1) is 0 Å². The standard InChI is InChI=1S/C26H45NO19/c1-6-12(31)16(35)18(37)25(41-6)46-22-17(36)14(33)9(4-28)43-26(22)44-20-11(27-8(3)30)24(42-10(5-29)15(20)34)45-21-13(32)7(2)40-23(39)19(21)38/h6-7,9-26,28-29,31-39H,4-5H2,1-3H3,(H,27,30)/t6-,7-,9+,10+,11+,12-,13-,14-,15+,16+,17-,18+,19+,20+,21+,22+,23?,24+,25-,26+/m0/s1. The second-order valence-corrected chi connectivity index (χ2v) is 11.8. The maximum Gasteiger partial charge on any atom is 0.217 e. The summed E-state index contributed by atoms with van der Waals surface area (Å²) < 4.78 is 39.3. The van der Waals surface area contributed by atoms with E-state index in [1.807, 2.05) is 0 Å². The van der Waals surface area contributed by atoms with Crippen molar-refractivity contribution >= 4 is 5.91 Å². The lowest BCUT2D eigenvalue weighted by Crippen LogP contribution is -2.70. The Labute approximate surface area is 262 Å². The van der Waals surface area contributed by atoms with Crippen LogP contribution < -0.4 is 5.32 Å². The van der Waals surface area contributed by atoms with Crippen molar-refractivity contribution in [3.05, 3.63) is 0 Å². The molecule has 20 nitrogen and oxygen atoms in total. The minimum atomic E-state index is -1.92. The highest BCUT2D eigenvalue weighted by Gasteiger charge is 2.55. The topological polar surface area (TPSA) is 316 Å². The van der Waals surface area contributed by atoms with Crippen molar-refractivity contribution in [3.63, 3.8) is 0 Å². The van der Waals surface area contributed by atoms with E-state index in [4.69, 9.17) is 33.2 Å². The maximum absolute atomic E-state index is 12.3. The number of carbonyl (C=O) groups excluding carboxylic acids is 1. The summed E-state index contributed by atoms with van der Waals surface area (Å²) in [6, 6.07) is -1.53. The summed E-state index contributed by atoms with van der Waals surface area (Å²) in [7, 11) is 0. The number of ether oxygens (including phenoxy) is 7. The average molecular weight is 676 g/mol. The molecule has 0 aromatic rings. The third-order valence-corrected chi connectivity index (χ3v) is 8.53. The van der Waals surface area contributed by atoms with Gasteiger partial charge in [0, 0.05) is 6.92 Å². The molecule has 4 aliphatic rings. The van der Waals surface area contributed by atoms with Crippen molar-refractivity contribution in [1.82, 2.24) is 5.32 Å². The number of aliphatic hydroxyl groups is 11. The van der Waals surface area contributed by atoms with Crippen LogP contribution in [-0.2, 0) is 38.0 Å². The molecular formula is C26H45NO19. The molecule has 4 aliphatic heterocycles. The number of amides is 1. The minimum absolute atomic E-state index is 0.715. The molecule has 46 heavy (non-hydrogen) atoms.